The van der Waals surface area contributed by atoms with Crippen LogP contribution in [0.3, 0.4) is 0 Å². The Morgan fingerprint density at radius 2 is 2.18 bits per heavy atom. The molecule has 0 fully saturated rings. The standard InChI is InChI=1S/C17H19BrN2O2/c1-12(2)15-8-14(18)5-6-16(15)22-11-17(21)20-10-13-4-3-7-19-9-13/h3-9,12H,10-11H2,1-2H3,(H,20,21). The highest BCUT2D eigenvalue weighted by Crippen LogP contribution is 2.29. The fourth-order valence-corrected chi connectivity index (χ4v) is 2.38. The molecule has 0 aliphatic rings. The highest BCUT2D eigenvalue weighted by Gasteiger charge is 2.10. The van der Waals surface area contributed by atoms with Gasteiger partial charge in [0.05, 0.1) is 0 Å². The average Bonchev–Trinajstić information content (AvgIpc) is 2.52. The lowest BCUT2D eigenvalue weighted by atomic mass is 10.0. The summed E-state index contributed by atoms with van der Waals surface area (Å²) in [6.07, 6.45) is 3.43. The van der Waals surface area contributed by atoms with Crippen molar-refractivity contribution in [3.05, 3.63) is 58.3 Å². The van der Waals surface area contributed by atoms with Gasteiger partial charge in [0.2, 0.25) is 0 Å². The van der Waals surface area contributed by atoms with Gasteiger partial charge >= 0.3 is 0 Å². The van der Waals surface area contributed by atoms with Crippen molar-refractivity contribution in [2.24, 2.45) is 0 Å². The molecule has 22 heavy (non-hydrogen) atoms. The van der Waals surface area contributed by atoms with Gasteiger partial charge < -0.3 is 10.1 Å². The van der Waals surface area contributed by atoms with Gasteiger partial charge in [0, 0.05) is 23.4 Å². The Hall–Kier alpha value is -1.88. The molecular weight excluding hydrogens is 344 g/mol. The maximum absolute atomic E-state index is 11.9. The molecule has 1 N–H and O–H groups in total. The number of nitrogens with zero attached hydrogens (tertiary/aromatic N) is 1. The number of carbonyl (C=O) groups is 1. The zero-order chi connectivity index (χ0) is 15.9. The van der Waals surface area contributed by atoms with E-state index >= 15 is 0 Å². The fourth-order valence-electron chi connectivity index (χ4n) is 2.00. The zero-order valence-electron chi connectivity index (χ0n) is 12.7. The molecule has 0 aliphatic heterocycles. The number of ether oxygens (including phenoxy) is 1. The quantitative estimate of drug-likeness (QED) is 0.852. The number of carbonyl (C=O) groups excluding carboxylic acids is 1. The molecule has 0 bridgehead atoms. The van der Waals surface area contributed by atoms with Crippen LogP contribution in [0.15, 0.2) is 47.2 Å². The molecule has 0 saturated heterocycles. The Morgan fingerprint density at radius 1 is 1.36 bits per heavy atom. The monoisotopic (exact) mass is 362 g/mol. The third kappa shape index (κ3) is 4.84. The molecule has 1 aromatic heterocycles. The van der Waals surface area contributed by atoms with Crippen LogP contribution in [0.2, 0.25) is 0 Å². The summed E-state index contributed by atoms with van der Waals surface area (Å²) in [5.74, 6) is 0.919. The molecule has 4 nitrogen and oxygen atoms in total. The predicted molar refractivity (Wildman–Crippen MR) is 89.8 cm³/mol. The van der Waals surface area contributed by atoms with Crippen molar-refractivity contribution in [1.29, 1.82) is 0 Å². The van der Waals surface area contributed by atoms with Crippen LogP contribution in [0.25, 0.3) is 0 Å². The third-order valence-corrected chi connectivity index (χ3v) is 3.66. The SMILES string of the molecule is CC(C)c1cc(Br)ccc1OCC(=O)NCc1cccnc1. The van der Waals surface area contributed by atoms with E-state index in [2.05, 4.69) is 40.1 Å². The first-order valence-corrected chi connectivity index (χ1v) is 7.93. The van der Waals surface area contributed by atoms with E-state index in [9.17, 15) is 4.79 Å². The van der Waals surface area contributed by atoms with Crippen LogP contribution in [-0.4, -0.2) is 17.5 Å². The summed E-state index contributed by atoms with van der Waals surface area (Å²) in [6, 6.07) is 9.57. The summed E-state index contributed by atoms with van der Waals surface area (Å²) in [7, 11) is 0. The van der Waals surface area contributed by atoms with Crippen molar-refractivity contribution in [1.82, 2.24) is 10.3 Å². The van der Waals surface area contributed by atoms with Crippen LogP contribution in [-0.2, 0) is 11.3 Å². The molecule has 5 heteroatoms. The molecule has 116 valence electrons. The molecule has 1 amide bonds. The number of rotatable bonds is 6. The molecule has 2 aromatic rings. The summed E-state index contributed by atoms with van der Waals surface area (Å²) in [4.78, 5) is 15.9. The van der Waals surface area contributed by atoms with Gasteiger partial charge in [-0.05, 0) is 41.3 Å². The topological polar surface area (TPSA) is 51.2 Å². The summed E-state index contributed by atoms with van der Waals surface area (Å²) in [5, 5.41) is 2.82. The van der Waals surface area contributed by atoms with Crippen molar-refractivity contribution in [3.8, 4) is 5.75 Å². The fraction of sp³-hybridized carbons (Fsp3) is 0.294. The second-order valence-electron chi connectivity index (χ2n) is 5.26. The summed E-state index contributed by atoms with van der Waals surface area (Å²) in [6.45, 7) is 4.64. The number of halogens is 1. The largest absolute Gasteiger partial charge is 0.483 e. The minimum absolute atomic E-state index is 0.00160. The minimum Gasteiger partial charge on any atom is -0.483 e. The van der Waals surface area contributed by atoms with Gasteiger partial charge in [0.1, 0.15) is 5.75 Å². The second-order valence-corrected chi connectivity index (χ2v) is 6.18. The molecular formula is C17H19BrN2O2. The zero-order valence-corrected chi connectivity index (χ0v) is 14.3. The van der Waals surface area contributed by atoms with E-state index in [0.717, 1.165) is 21.3 Å². The Balaban J connectivity index is 1.89. The van der Waals surface area contributed by atoms with E-state index in [-0.39, 0.29) is 12.5 Å². The van der Waals surface area contributed by atoms with Crippen LogP contribution in [0, 0.1) is 0 Å². The van der Waals surface area contributed by atoms with Gasteiger partial charge in [0.25, 0.3) is 5.91 Å². The smallest absolute Gasteiger partial charge is 0.258 e. The van der Waals surface area contributed by atoms with Crippen molar-refractivity contribution in [2.75, 3.05) is 6.61 Å². The van der Waals surface area contributed by atoms with Crippen LogP contribution in [0.4, 0.5) is 0 Å². The molecule has 1 heterocycles. The Kier molecular flexibility index (Phi) is 5.95. The van der Waals surface area contributed by atoms with E-state index in [1.54, 1.807) is 12.4 Å². The van der Waals surface area contributed by atoms with Gasteiger partial charge in [0.15, 0.2) is 6.61 Å². The predicted octanol–water partition coefficient (Wildman–Crippen LogP) is 3.66. The highest BCUT2D eigenvalue weighted by atomic mass is 79.9. The summed E-state index contributed by atoms with van der Waals surface area (Å²) < 4.78 is 6.66. The molecule has 0 unspecified atom stereocenters. The van der Waals surface area contributed by atoms with Crippen molar-refractivity contribution in [2.45, 2.75) is 26.3 Å². The molecule has 0 saturated carbocycles. The number of hydrogen-bond acceptors (Lipinski definition) is 3. The number of aromatic nitrogens is 1. The number of nitrogens with one attached hydrogen (secondary N) is 1. The average molecular weight is 363 g/mol. The lowest BCUT2D eigenvalue weighted by Gasteiger charge is -2.14. The van der Waals surface area contributed by atoms with Gasteiger partial charge in [-0.3, -0.25) is 9.78 Å². The van der Waals surface area contributed by atoms with Crippen molar-refractivity contribution < 1.29 is 9.53 Å². The first-order chi connectivity index (χ1) is 10.6. The Labute approximate surface area is 139 Å². The van der Waals surface area contributed by atoms with Gasteiger partial charge in [-0.25, -0.2) is 0 Å². The minimum atomic E-state index is -0.151. The molecule has 0 atom stereocenters. The maximum atomic E-state index is 11.9. The van der Waals surface area contributed by atoms with Crippen LogP contribution < -0.4 is 10.1 Å². The summed E-state index contributed by atoms with van der Waals surface area (Å²) in [5.41, 5.74) is 2.04. The van der Waals surface area contributed by atoms with Gasteiger partial charge in [-0.1, -0.05) is 35.8 Å². The van der Waals surface area contributed by atoms with E-state index in [4.69, 9.17) is 4.74 Å². The number of benzene rings is 1. The number of amides is 1. The Bertz CT molecular complexity index is 630. The van der Waals surface area contributed by atoms with E-state index in [1.165, 1.54) is 0 Å². The first-order valence-electron chi connectivity index (χ1n) is 7.14. The highest BCUT2D eigenvalue weighted by molar-refractivity contribution is 9.10. The van der Waals surface area contributed by atoms with Crippen molar-refractivity contribution >= 4 is 21.8 Å². The van der Waals surface area contributed by atoms with E-state index in [1.807, 2.05) is 30.3 Å². The van der Waals surface area contributed by atoms with Crippen LogP contribution in [0.5, 0.6) is 5.75 Å². The van der Waals surface area contributed by atoms with E-state index in [0.29, 0.717) is 12.5 Å². The summed E-state index contributed by atoms with van der Waals surface area (Å²) >= 11 is 3.45. The third-order valence-electron chi connectivity index (χ3n) is 3.17. The van der Waals surface area contributed by atoms with Crippen molar-refractivity contribution in [3.63, 3.8) is 0 Å². The van der Waals surface area contributed by atoms with Gasteiger partial charge in [-0.15, -0.1) is 0 Å². The van der Waals surface area contributed by atoms with E-state index < -0.39 is 0 Å². The maximum Gasteiger partial charge on any atom is 0.258 e. The normalized spacial score (nSPS) is 10.5. The molecule has 1 aromatic carbocycles. The lowest BCUT2D eigenvalue weighted by Crippen LogP contribution is -2.28. The van der Waals surface area contributed by atoms with Crippen LogP contribution in [0.1, 0.15) is 30.9 Å². The number of hydrogen-bond donors (Lipinski definition) is 1. The second kappa shape index (κ2) is 7.94. The molecule has 2 rings (SSSR count). The Morgan fingerprint density at radius 3 is 2.86 bits per heavy atom. The molecule has 0 aliphatic carbocycles. The van der Waals surface area contributed by atoms with Crippen LogP contribution >= 0.6 is 15.9 Å². The first kappa shape index (κ1) is 16.5. The lowest BCUT2D eigenvalue weighted by molar-refractivity contribution is -0.123. The number of pyridine rings is 1. The van der Waals surface area contributed by atoms with Gasteiger partial charge in [-0.2, -0.15) is 0 Å². The molecule has 0 radical (unpaired) electrons. The molecule has 0 spiro atoms.